The number of piperidine rings is 1. The first-order valence-corrected chi connectivity index (χ1v) is 9.35. The largest absolute Gasteiger partial charge is 0.497 e. The van der Waals surface area contributed by atoms with Gasteiger partial charge in [0.05, 0.1) is 14.2 Å². The van der Waals surface area contributed by atoms with Gasteiger partial charge in [0.25, 0.3) is 0 Å². The molecule has 0 spiro atoms. The van der Waals surface area contributed by atoms with Crippen molar-refractivity contribution in [3.8, 4) is 11.5 Å². The molecule has 1 amide bonds. The standard InChI is InChI=1S/C20H32N2O3/c1-16-7-4-5-11-22(16)12-6-10-21-20(23)9-8-17-13-18(24-2)15-19(14-17)25-3/h13-16H,4-12H2,1-3H3,(H,21,23). The normalized spacial score (nSPS) is 18.0. The molecule has 1 fully saturated rings. The third-order valence-corrected chi connectivity index (χ3v) is 4.94. The topological polar surface area (TPSA) is 50.8 Å². The molecule has 140 valence electrons. The number of aryl methyl sites for hydroxylation is 1. The fourth-order valence-electron chi connectivity index (χ4n) is 3.36. The van der Waals surface area contributed by atoms with Crippen molar-refractivity contribution in [3.05, 3.63) is 23.8 Å². The van der Waals surface area contributed by atoms with Crippen LogP contribution in [0.25, 0.3) is 0 Å². The minimum absolute atomic E-state index is 0.105. The second-order valence-corrected chi connectivity index (χ2v) is 6.81. The summed E-state index contributed by atoms with van der Waals surface area (Å²) in [6, 6.07) is 6.43. The minimum Gasteiger partial charge on any atom is -0.497 e. The van der Waals surface area contributed by atoms with E-state index in [-0.39, 0.29) is 5.91 Å². The van der Waals surface area contributed by atoms with Gasteiger partial charge in [-0.05, 0) is 56.8 Å². The Bertz CT molecular complexity index is 525. The predicted octanol–water partition coefficient (Wildman–Crippen LogP) is 3.02. The average molecular weight is 348 g/mol. The van der Waals surface area contributed by atoms with Crippen LogP contribution in [0.2, 0.25) is 0 Å². The zero-order chi connectivity index (χ0) is 18.1. The van der Waals surface area contributed by atoms with Gasteiger partial charge in [-0.15, -0.1) is 0 Å². The van der Waals surface area contributed by atoms with E-state index < -0.39 is 0 Å². The average Bonchev–Trinajstić information content (AvgIpc) is 2.64. The van der Waals surface area contributed by atoms with Crippen molar-refractivity contribution in [1.29, 1.82) is 0 Å². The van der Waals surface area contributed by atoms with Crippen molar-refractivity contribution in [2.45, 2.75) is 51.5 Å². The first kappa shape index (κ1) is 19.6. The van der Waals surface area contributed by atoms with E-state index in [0.717, 1.165) is 36.6 Å². The van der Waals surface area contributed by atoms with Crippen molar-refractivity contribution in [2.75, 3.05) is 33.9 Å². The first-order chi connectivity index (χ1) is 12.1. The van der Waals surface area contributed by atoms with Crippen LogP contribution >= 0.6 is 0 Å². The summed E-state index contributed by atoms with van der Waals surface area (Å²) < 4.78 is 10.5. The molecule has 2 rings (SSSR count). The molecule has 0 saturated carbocycles. The van der Waals surface area contributed by atoms with Gasteiger partial charge < -0.3 is 19.7 Å². The Morgan fingerprint density at radius 2 is 1.92 bits per heavy atom. The van der Waals surface area contributed by atoms with E-state index in [1.165, 1.54) is 25.8 Å². The lowest BCUT2D eigenvalue weighted by Crippen LogP contribution is -2.39. The molecule has 5 heteroatoms. The van der Waals surface area contributed by atoms with Crippen LogP contribution in [-0.2, 0) is 11.2 Å². The van der Waals surface area contributed by atoms with E-state index in [1.54, 1.807) is 14.2 Å². The second-order valence-electron chi connectivity index (χ2n) is 6.81. The summed E-state index contributed by atoms with van der Waals surface area (Å²) in [7, 11) is 3.27. The highest BCUT2D eigenvalue weighted by atomic mass is 16.5. The molecular weight excluding hydrogens is 316 g/mol. The van der Waals surface area contributed by atoms with E-state index in [2.05, 4.69) is 17.1 Å². The van der Waals surface area contributed by atoms with Gasteiger partial charge in [-0.1, -0.05) is 6.42 Å². The van der Waals surface area contributed by atoms with Gasteiger partial charge in [-0.25, -0.2) is 0 Å². The van der Waals surface area contributed by atoms with Gasteiger partial charge in [0, 0.05) is 31.6 Å². The fourth-order valence-corrected chi connectivity index (χ4v) is 3.36. The molecule has 1 N–H and O–H groups in total. The van der Waals surface area contributed by atoms with Crippen molar-refractivity contribution in [1.82, 2.24) is 10.2 Å². The fraction of sp³-hybridized carbons (Fsp3) is 0.650. The van der Waals surface area contributed by atoms with E-state index in [1.807, 2.05) is 18.2 Å². The molecule has 0 aliphatic carbocycles. The Balaban J connectivity index is 1.67. The number of rotatable bonds is 9. The number of ether oxygens (including phenoxy) is 2. The van der Waals surface area contributed by atoms with Crippen LogP contribution in [0.1, 0.15) is 44.6 Å². The Labute approximate surface area is 151 Å². The van der Waals surface area contributed by atoms with E-state index in [4.69, 9.17) is 9.47 Å². The molecular formula is C20H32N2O3. The summed E-state index contributed by atoms with van der Waals surface area (Å²) in [5.41, 5.74) is 1.05. The summed E-state index contributed by atoms with van der Waals surface area (Å²) in [5.74, 6) is 1.62. The van der Waals surface area contributed by atoms with Crippen LogP contribution < -0.4 is 14.8 Å². The van der Waals surface area contributed by atoms with Gasteiger partial charge in [-0.3, -0.25) is 4.79 Å². The maximum Gasteiger partial charge on any atom is 0.220 e. The Morgan fingerprint density at radius 3 is 2.56 bits per heavy atom. The van der Waals surface area contributed by atoms with E-state index in [9.17, 15) is 4.79 Å². The number of hydrogen-bond donors (Lipinski definition) is 1. The van der Waals surface area contributed by atoms with Crippen molar-refractivity contribution < 1.29 is 14.3 Å². The molecule has 1 saturated heterocycles. The SMILES string of the molecule is COc1cc(CCC(=O)NCCCN2CCCCC2C)cc(OC)c1. The molecule has 1 heterocycles. The Kier molecular flexibility index (Phi) is 8.06. The number of nitrogens with zero attached hydrogens (tertiary/aromatic N) is 1. The third kappa shape index (κ3) is 6.58. The summed E-state index contributed by atoms with van der Waals surface area (Å²) in [6.07, 6.45) is 6.14. The van der Waals surface area contributed by atoms with Crippen LogP contribution in [0.3, 0.4) is 0 Å². The lowest BCUT2D eigenvalue weighted by molar-refractivity contribution is -0.121. The Morgan fingerprint density at radius 1 is 1.20 bits per heavy atom. The number of likely N-dealkylation sites (tertiary alicyclic amines) is 1. The summed E-state index contributed by atoms with van der Waals surface area (Å²) in [6.45, 7) is 5.34. The van der Waals surface area contributed by atoms with Gasteiger partial charge in [-0.2, -0.15) is 0 Å². The second kappa shape index (κ2) is 10.3. The van der Waals surface area contributed by atoms with Crippen molar-refractivity contribution >= 4 is 5.91 Å². The number of carbonyl (C=O) groups excluding carboxylic acids is 1. The molecule has 1 aliphatic heterocycles. The van der Waals surface area contributed by atoms with Gasteiger partial charge in [0.2, 0.25) is 5.91 Å². The lowest BCUT2D eigenvalue weighted by Gasteiger charge is -2.33. The summed E-state index contributed by atoms with van der Waals surface area (Å²) >= 11 is 0. The number of hydrogen-bond acceptors (Lipinski definition) is 4. The predicted molar refractivity (Wildman–Crippen MR) is 100 cm³/mol. The summed E-state index contributed by atoms with van der Waals surface area (Å²) in [4.78, 5) is 14.6. The number of benzene rings is 1. The maximum atomic E-state index is 12.1. The smallest absolute Gasteiger partial charge is 0.220 e. The molecule has 0 bridgehead atoms. The third-order valence-electron chi connectivity index (χ3n) is 4.94. The Hall–Kier alpha value is -1.75. The van der Waals surface area contributed by atoms with E-state index >= 15 is 0 Å². The van der Waals surface area contributed by atoms with Gasteiger partial charge in [0.15, 0.2) is 0 Å². The number of nitrogens with one attached hydrogen (secondary N) is 1. The monoisotopic (exact) mass is 348 g/mol. The maximum absolute atomic E-state index is 12.1. The molecule has 1 aliphatic rings. The minimum atomic E-state index is 0.105. The first-order valence-electron chi connectivity index (χ1n) is 9.35. The quantitative estimate of drug-likeness (QED) is 0.697. The molecule has 1 atom stereocenters. The zero-order valence-corrected chi connectivity index (χ0v) is 15.8. The van der Waals surface area contributed by atoms with Crippen LogP contribution in [-0.4, -0.2) is 50.7 Å². The highest BCUT2D eigenvalue weighted by molar-refractivity contribution is 5.76. The molecule has 0 aromatic heterocycles. The van der Waals surface area contributed by atoms with Crippen LogP contribution in [0, 0.1) is 0 Å². The summed E-state index contributed by atoms with van der Waals surface area (Å²) in [5, 5.41) is 3.04. The molecule has 0 radical (unpaired) electrons. The highest BCUT2D eigenvalue weighted by Gasteiger charge is 2.17. The van der Waals surface area contributed by atoms with Crippen LogP contribution in [0.4, 0.5) is 0 Å². The zero-order valence-electron chi connectivity index (χ0n) is 15.8. The van der Waals surface area contributed by atoms with Crippen molar-refractivity contribution in [3.63, 3.8) is 0 Å². The molecule has 1 aromatic rings. The molecule has 1 aromatic carbocycles. The number of carbonyl (C=O) groups is 1. The van der Waals surface area contributed by atoms with Crippen LogP contribution in [0.5, 0.6) is 11.5 Å². The molecule has 25 heavy (non-hydrogen) atoms. The van der Waals surface area contributed by atoms with Gasteiger partial charge in [0.1, 0.15) is 11.5 Å². The van der Waals surface area contributed by atoms with Crippen LogP contribution in [0.15, 0.2) is 18.2 Å². The van der Waals surface area contributed by atoms with Gasteiger partial charge >= 0.3 is 0 Å². The number of amides is 1. The van der Waals surface area contributed by atoms with Crippen molar-refractivity contribution in [2.24, 2.45) is 0 Å². The van der Waals surface area contributed by atoms with E-state index in [0.29, 0.717) is 18.9 Å². The molecule has 1 unspecified atom stereocenters. The number of methoxy groups -OCH3 is 2. The highest BCUT2D eigenvalue weighted by Crippen LogP contribution is 2.23. The lowest BCUT2D eigenvalue weighted by atomic mass is 10.0. The molecule has 5 nitrogen and oxygen atoms in total.